The highest BCUT2D eigenvalue weighted by Gasteiger charge is 2.26. The van der Waals surface area contributed by atoms with E-state index in [1.165, 1.54) is 57.8 Å². The Morgan fingerprint density at radius 3 is 1.22 bits per heavy atom. The molecule has 0 aliphatic heterocycles. The van der Waals surface area contributed by atoms with Crippen LogP contribution in [0.3, 0.4) is 0 Å². The average molecular weight is 954 g/mol. The van der Waals surface area contributed by atoms with Gasteiger partial charge >= 0.3 is 19.8 Å². The van der Waals surface area contributed by atoms with Crippen molar-refractivity contribution >= 4 is 19.8 Å². The predicted molar refractivity (Wildman–Crippen MR) is 284 cm³/mol. The second-order valence-electron chi connectivity index (χ2n) is 17.0. The number of phosphoric acid groups is 1. The van der Waals surface area contributed by atoms with Gasteiger partial charge in [-0.2, -0.15) is 0 Å². The first-order valence-corrected chi connectivity index (χ1v) is 27.9. The Balaban J connectivity index is 4.06. The van der Waals surface area contributed by atoms with Crippen LogP contribution in [0.1, 0.15) is 206 Å². The zero-order chi connectivity index (χ0) is 48.8. The van der Waals surface area contributed by atoms with Crippen LogP contribution in [-0.4, -0.2) is 49.3 Å². The number of hydrogen-bond donors (Lipinski definition) is 2. The summed E-state index contributed by atoms with van der Waals surface area (Å²) in [5.41, 5.74) is 5.37. The molecule has 10 heteroatoms. The molecule has 0 saturated carbocycles. The van der Waals surface area contributed by atoms with E-state index >= 15 is 0 Å². The van der Waals surface area contributed by atoms with E-state index in [0.29, 0.717) is 12.8 Å². The molecule has 0 rings (SSSR count). The van der Waals surface area contributed by atoms with E-state index in [1.54, 1.807) is 0 Å². The van der Waals surface area contributed by atoms with Crippen molar-refractivity contribution in [3.8, 4) is 0 Å². The van der Waals surface area contributed by atoms with Crippen LogP contribution in [0.25, 0.3) is 0 Å². The lowest BCUT2D eigenvalue weighted by Gasteiger charge is -2.19. The number of unbranched alkanes of at least 4 members (excludes halogenated alkanes) is 17. The number of hydrogen-bond acceptors (Lipinski definition) is 8. The smallest absolute Gasteiger partial charge is 0.462 e. The van der Waals surface area contributed by atoms with Crippen molar-refractivity contribution < 1.29 is 37.6 Å². The van der Waals surface area contributed by atoms with Gasteiger partial charge in [-0.3, -0.25) is 18.6 Å². The highest BCUT2D eigenvalue weighted by atomic mass is 31.2. The number of phosphoric ester groups is 1. The van der Waals surface area contributed by atoms with E-state index < -0.39 is 32.5 Å². The van der Waals surface area contributed by atoms with Crippen molar-refractivity contribution in [1.82, 2.24) is 0 Å². The van der Waals surface area contributed by atoms with Gasteiger partial charge in [-0.05, 0) is 103 Å². The molecule has 0 amide bonds. The fraction of sp³-hybridized carbons (Fsp3) is 0.649. The summed E-state index contributed by atoms with van der Waals surface area (Å²) in [6.07, 6.45) is 69.9. The summed E-state index contributed by atoms with van der Waals surface area (Å²) in [6.45, 7) is 3.56. The Labute approximate surface area is 409 Å². The number of allylic oxidation sites excluding steroid dienone is 18. The lowest BCUT2D eigenvalue weighted by molar-refractivity contribution is -0.161. The minimum atomic E-state index is -4.39. The van der Waals surface area contributed by atoms with Gasteiger partial charge in [-0.25, -0.2) is 4.57 Å². The largest absolute Gasteiger partial charge is 0.472 e. The van der Waals surface area contributed by atoms with E-state index in [1.807, 2.05) is 0 Å². The normalized spacial score (nSPS) is 14.0. The monoisotopic (exact) mass is 954 g/mol. The molecule has 0 spiro atoms. The van der Waals surface area contributed by atoms with Crippen molar-refractivity contribution in [1.29, 1.82) is 0 Å². The van der Waals surface area contributed by atoms with Crippen LogP contribution >= 0.6 is 7.82 Å². The zero-order valence-corrected chi connectivity index (χ0v) is 43.2. The Morgan fingerprint density at radius 2 is 0.821 bits per heavy atom. The Kier molecular flexibility index (Phi) is 49.5. The Bertz CT molecular complexity index is 1460. The molecular formula is C57H96NO8P. The first kappa shape index (κ1) is 63.7. The van der Waals surface area contributed by atoms with E-state index in [9.17, 15) is 19.0 Å². The molecule has 0 bridgehead atoms. The highest BCUT2D eigenvalue weighted by molar-refractivity contribution is 7.47. The lowest BCUT2D eigenvalue weighted by Crippen LogP contribution is -2.29. The van der Waals surface area contributed by atoms with Gasteiger partial charge in [-0.1, -0.05) is 200 Å². The van der Waals surface area contributed by atoms with Crippen LogP contribution in [0.15, 0.2) is 109 Å². The van der Waals surface area contributed by atoms with E-state index in [2.05, 4.69) is 123 Å². The number of ether oxygens (including phenoxy) is 2. The molecule has 0 saturated heterocycles. The summed E-state index contributed by atoms with van der Waals surface area (Å²) in [5.74, 6) is -0.858. The van der Waals surface area contributed by atoms with E-state index in [4.69, 9.17) is 24.3 Å². The van der Waals surface area contributed by atoms with Crippen molar-refractivity contribution in [2.45, 2.75) is 213 Å². The average Bonchev–Trinajstić information content (AvgIpc) is 3.32. The molecule has 2 unspecified atom stereocenters. The van der Waals surface area contributed by atoms with Gasteiger partial charge in [0.25, 0.3) is 0 Å². The molecule has 0 aromatic carbocycles. The molecule has 0 aliphatic rings. The molecule has 0 aromatic heterocycles. The van der Waals surface area contributed by atoms with Gasteiger partial charge in [0, 0.05) is 19.4 Å². The van der Waals surface area contributed by atoms with Crippen LogP contribution in [0.4, 0.5) is 0 Å². The molecule has 0 radical (unpaired) electrons. The van der Waals surface area contributed by atoms with Crippen molar-refractivity contribution in [3.63, 3.8) is 0 Å². The maximum Gasteiger partial charge on any atom is 0.472 e. The van der Waals surface area contributed by atoms with Gasteiger partial charge in [0.15, 0.2) is 6.10 Å². The maximum absolute atomic E-state index is 12.7. The van der Waals surface area contributed by atoms with Gasteiger partial charge in [-0.15, -0.1) is 0 Å². The first-order chi connectivity index (χ1) is 32.8. The third kappa shape index (κ3) is 51.9. The van der Waals surface area contributed by atoms with Crippen molar-refractivity contribution in [2.75, 3.05) is 26.4 Å². The van der Waals surface area contributed by atoms with Crippen LogP contribution in [-0.2, 0) is 32.7 Å². The molecule has 9 nitrogen and oxygen atoms in total. The fourth-order valence-electron chi connectivity index (χ4n) is 6.76. The molecule has 0 heterocycles. The summed E-state index contributed by atoms with van der Waals surface area (Å²) in [5, 5.41) is 0. The van der Waals surface area contributed by atoms with Crippen LogP contribution < -0.4 is 5.73 Å². The van der Waals surface area contributed by atoms with Crippen molar-refractivity contribution in [2.24, 2.45) is 5.73 Å². The van der Waals surface area contributed by atoms with Crippen molar-refractivity contribution in [3.05, 3.63) is 109 Å². The lowest BCUT2D eigenvalue weighted by atomic mass is 10.1. The summed E-state index contributed by atoms with van der Waals surface area (Å²) in [4.78, 5) is 35.0. The molecule has 382 valence electrons. The molecule has 0 aromatic rings. The molecule has 3 N–H and O–H groups in total. The Morgan fingerprint density at radius 1 is 0.463 bits per heavy atom. The zero-order valence-electron chi connectivity index (χ0n) is 42.3. The summed E-state index contributed by atoms with van der Waals surface area (Å²) in [6, 6.07) is 0. The first-order valence-electron chi connectivity index (χ1n) is 26.4. The molecule has 0 fully saturated rings. The third-order valence-corrected chi connectivity index (χ3v) is 11.6. The highest BCUT2D eigenvalue weighted by Crippen LogP contribution is 2.43. The van der Waals surface area contributed by atoms with Gasteiger partial charge in [0.2, 0.25) is 0 Å². The fourth-order valence-corrected chi connectivity index (χ4v) is 7.53. The predicted octanol–water partition coefficient (Wildman–Crippen LogP) is 16.3. The number of rotatable bonds is 48. The molecular weight excluding hydrogens is 858 g/mol. The topological polar surface area (TPSA) is 134 Å². The molecule has 2 atom stereocenters. The van der Waals surface area contributed by atoms with Crippen LogP contribution in [0, 0.1) is 0 Å². The Hall–Kier alpha value is -3.33. The van der Waals surface area contributed by atoms with Crippen LogP contribution in [0.2, 0.25) is 0 Å². The van der Waals surface area contributed by atoms with Crippen LogP contribution in [0.5, 0.6) is 0 Å². The number of carbonyl (C=O) groups is 2. The number of esters is 2. The number of carbonyl (C=O) groups excluding carboxylic acids is 2. The number of nitrogens with two attached hydrogens (primary N) is 1. The minimum absolute atomic E-state index is 0.0449. The van der Waals surface area contributed by atoms with E-state index in [0.717, 1.165) is 109 Å². The standard InChI is InChI=1S/C57H96NO8P/c1-3-5-7-9-11-13-15-17-19-20-21-22-23-24-25-26-27-28-29-30-31-32-33-34-36-38-40-42-44-46-48-50-57(60)66-55(54-65-67(61,62)64-52-51-58)53-63-56(59)49-47-45-43-41-39-37-35-18-16-14-12-10-8-6-4-2/h5,7,11-14,17-19,21-22,24-25,27-28,30-31,35,55H,3-4,6,8-10,15-16,20,23,26,29,32-34,36-54,58H2,1-2H3,(H,61,62)/b7-5-,13-11-,14-12-,19-17-,22-21-,25-24-,28-27-,31-30-,35-18-. The van der Waals surface area contributed by atoms with E-state index in [-0.39, 0.29) is 32.6 Å². The third-order valence-electron chi connectivity index (χ3n) is 10.6. The minimum Gasteiger partial charge on any atom is -0.462 e. The quantitative estimate of drug-likeness (QED) is 0.0264. The summed E-state index contributed by atoms with van der Waals surface area (Å²) < 4.78 is 32.9. The second-order valence-corrected chi connectivity index (χ2v) is 18.5. The summed E-state index contributed by atoms with van der Waals surface area (Å²) >= 11 is 0. The molecule has 67 heavy (non-hydrogen) atoms. The summed E-state index contributed by atoms with van der Waals surface area (Å²) in [7, 11) is -4.39. The SMILES string of the molecule is CC/C=C\C/C=C\C/C=C\C/C=C\C/C=C\C/C=C\C/C=C\CCCCCCCCCCCC(=O)OC(COC(=O)CCCCCCC/C=C\C/C=C\CCCCC)COP(=O)(O)OCCN. The van der Waals surface area contributed by atoms with Gasteiger partial charge < -0.3 is 20.1 Å². The van der Waals surface area contributed by atoms with Gasteiger partial charge in [0.1, 0.15) is 6.61 Å². The second kappa shape index (κ2) is 52.0. The van der Waals surface area contributed by atoms with Gasteiger partial charge in [0.05, 0.1) is 13.2 Å². The maximum atomic E-state index is 12.7. The molecule has 0 aliphatic carbocycles.